The molecule has 1 amide bonds. The molecule has 0 saturated heterocycles. The maximum atomic E-state index is 12.1. The number of nitrogens with one attached hydrogen (secondary N) is 1. The molecule has 2 atom stereocenters. The van der Waals surface area contributed by atoms with Crippen LogP contribution < -0.4 is 11.1 Å². The lowest BCUT2D eigenvalue weighted by Crippen LogP contribution is -2.40. The molecule has 116 valence electrons. The van der Waals surface area contributed by atoms with E-state index >= 15 is 0 Å². The SMILES string of the molecule is CCC(C)C(N)C(=O)Nc1ccc2cnn(CC)c2c1.Cl. The summed E-state index contributed by atoms with van der Waals surface area (Å²) in [5.74, 6) is 0.0289. The molecule has 1 aromatic carbocycles. The molecule has 0 aliphatic rings. The standard InChI is InChI=1S/C15H22N4O.ClH/c1-4-10(3)14(16)15(20)18-12-7-6-11-9-17-19(5-2)13(11)8-12;/h6-10,14H,4-5,16H2,1-3H3,(H,18,20);1H. The number of hydrogen-bond acceptors (Lipinski definition) is 3. The molecule has 2 aromatic rings. The van der Waals surface area contributed by atoms with Crippen molar-refractivity contribution in [2.45, 2.75) is 39.8 Å². The Kier molecular flexibility index (Phi) is 6.18. The van der Waals surface area contributed by atoms with E-state index in [1.165, 1.54) is 0 Å². The molecule has 0 saturated carbocycles. The largest absolute Gasteiger partial charge is 0.325 e. The van der Waals surface area contributed by atoms with Gasteiger partial charge in [0.2, 0.25) is 5.91 Å². The second-order valence-corrected chi connectivity index (χ2v) is 5.13. The first-order valence-corrected chi connectivity index (χ1v) is 7.08. The number of benzene rings is 1. The van der Waals surface area contributed by atoms with Crippen molar-refractivity contribution in [3.63, 3.8) is 0 Å². The summed E-state index contributed by atoms with van der Waals surface area (Å²) < 4.78 is 1.90. The van der Waals surface area contributed by atoms with Crippen molar-refractivity contribution < 1.29 is 4.79 Å². The summed E-state index contributed by atoms with van der Waals surface area (Å²) in [6.45, 7) is 6.85. The minimum Gasteiger partial charge on any atom is -0.325 e. The molecule has 21 heavy (non-hydrogen) atoms. The first-order chi connectivity index (χ1) is 9.56. The van der Waals surface area contributed by atoms with E-state index in [9.17, 15) is 4.79 Å². The molecule has 5 nitrogen and oxygen atoms in total. The van der Waals surface area contributed by atoms with Crippen LogP contribution in [-0.4, -0.2) is 21.7 Å². The van der Waals surface area contributed by atoms with Crippen LogP contribution in [0.15, 0.2) is 24.4 Å². The lowest BCUT2D eigenvalue weighted by atomic mass is 9.99. The fourth-order valence-corrected chi connectivity index (χ4v) is 2.14. The maximum Gasteiger partial charge on any atom is 0.241 e. The first kappa shape index (κ1) is 17.5. The van der Waals surface area contributed by atoms with Gasteiger partial charge in [-0.05, 0) is 31.0 Å². The number of aromatic nitrogens is 2. The highest BCUT2D eigenvalue weighted by molar-refractivity contribution is 5.96. The Hall–Kier alpha value is -1.59. The van der Waals surface area contributed by atoms with Crippen molar-refractivity contribution in [2.24, 2.45) is 11.7 Å². The highest BCUT2D eigenvalue weighted by Gasteiger charge is 2.19. The molecule has 2 rings (SSSR count). The normalized spacial score (nSPS) is 13.5. The molecule has 0 bridgehead atoms. The van der Waals surface area contributed by atoms with Gasteiger partial charge in [0.15, 0.2) is 0 Å². The zero-order valence-electron chi connectivity index (χ0n) is 12.7. The zero-order chi connectivity index (χ0) is 14.7. The van der Waals surface area contributed by atoms with Crippen LogP contribution in [0, 0.1) is 5.92 Å². The molecule has 1 aromatic heterocycles. The third-order valence-corrected chi connectivity index (χ3v) is 3.77. The molecule has 0 spiro atoms. The minimum absolute atomic E-state index is 0. The van der Waals surface area contributed by atoms with E-state index in [0.717, 1.165) is 29.6 Å². The summed E-state index contributed by atoms with van der Waals surface area (Å²) in [7, 11) is 0. The third-order valence-electron chi connectivity index (χ3n) is 3.77. The number of aryl methyl sites for hydroxylation is 1. The van der Waals surface area contributed by atoms with Gasteiger partial charge in [-0.2, -0.15) is 5.10 Å². The number of fused-ring (bicyclic) bond motifs is 1. The second kappa shape index (κ2) is 7.43. The van der Waals surface area contributed by atoms with Crippen LogP contribution in [-0.2, 0) is 11.3 Å². The number of halogens is 1. The fraction of sp³-hybridized carbons (Fsp3) is 0.467. The van der Waals surface area contributed by atoms with Crippen LogP contribution >= 0.6 is 12.4 Å². The van der Waals surface area contributed by atoms with Gasteiger partial charge in [-0.15, -0.1) is 12.4 Å². The quantitative estimate of drug-likeness (QED) is 0.892. The van der Waals surface area contributed by atoms with Crippen LogP contribution in [0.1, 0.15) is 27.2 Å². The van der Waals surface area contributed by atoms with E-state index in [-0.39, 0.29) is 24.2 Å². The number of amides is 1. The van der Waals surface area contributed by atoms with Gasteiger partial charge >= 0.3 is 0 Å². The molecule has 1 heterocycles. The molecule has 0 aliphatic heterocycles. The summed E-state index contributed by atoms with van der Waals surface area (Å²) in [5, 5.41) is 8.24. The van der Waals surface area contributed by atoms with Crippen LogP contribution in [0.3, 0.4) is 0 Å². The zero-order valence-corrected chi connectivity index (χ0v) is 13.5. The molecule has 3 N–H and O–H groups in total. The highest BCUT2D eigenvalue weighted by atomic mass is 35.5. The van der Waals surface area contributed by atoms with Gasteiger partial charge in [0.25, 0.3) is 0 Å². The lowest BCUT2D eigenvalue weighted by Gasteiger charge is -2.17. The molecule has 0 aliphatic carbocycles. The van der Waals surface area contributed by atoms with Crippen molar-refractivity contribution in [1.82, 2.24) is 9.78 Å². The van der Waals surface area contributed by atoms with Gasteiger partial charge < -0.3 is 11.1 Å². The van der Waals surface area contributed by atoms with E-state index in [1.54, 1.807) is 0 Å². The molecule has 6 heteroatoms. The molecular weight excluding hydrogens is 288 g/mol. The Morgan fingerprint density at radius 3 is 2.76 bits per heavy atom. The van der Waals surface area contributed by atoms with Gasteiger partial charge in [0, 0.05) is 17.6 Å². The Bertz CT molecular complexity index is 611. The molecule has 2 unspecified atom stereocenters. The van der Waals surface area contributed by atoms with E-state index < -0.39 is 6.04 Å². The average molecular weight is 311 g/mol. The van der Waals surface area contributed by atoms with Crippen LogP contribution in [0.4, 0.5) is 5.69 Å². The number of carbonyl (C=O) groups excluding carboxylic acids is 1. The van der Waals surface area contributed by atoms with Crippen LogP contribution in [0.2, 0.25) is 0 Å². The second-order valence-electron chi connectivity index (χ2n) is 5.13. The van der Waals surface area contributed by atoms with Gasteiger partial charge in [0.1, 0.15) is 0 Å². The van der Waals surface area contributed by atoms with Crippen molar-refractivity contribution in [3.8, 4) is 0 Å². The predicted octanol–water partition coefficient (Wildman–Crippen LogP) is 2.79. The monoisotopic (exact) mass is 310 g/mol. The van der Waals surface area contributed by atoms with Crippen molar-refractivity contribution >= 4 is 34.9 Å². The number of nitrogens with zero attached hydrogens (tertiary/aromatic N) is 2. The first-order valence-electron chi connectivity index (χ1n) is 7.08. The fourth-order valence-electron chi connectivity index (χ4n) is 2.14. The number of carbonyl (C=O) groups is 1. The summed E-state index contributed by atoms with van der Waals surface area (Å²) in [6.07, 6.45) is 2.71. The van der Waals surface area contributed by atoms with E-state index in [0.29, 0.717) is 0 Å². The van der Waals surface area contributed by atoms with Crippen molar-refractivity contribution in [1.29, 1.82) is 0 Å². The third kappa shape index (κ3) is 3.74. The Labute approximate surface area is 131 Å². The van der Waals surface area contributed by atoms with Crippen LogP contribution in [0.25, 0.3) is 10.9 Å². The highest BCUT2D eigenvalue weighted by Crippen LogP contribution is 2.19. The minimum atomic E-state index is -0.480. The molecular formula is C15H23ClN4O. The summed E-state index contributed by atoms with van der Waals surface area (Å²) in [4.78, 5) is 12.1. The van der Waals surface area contributed by atoms with Gasteiger partial charge in [0.05, 0.1) is 17.8 Å². The Balaban J connectivity index is 0.00000220. The van der Waals surface area contributed by atoms with Crippen molar-refractivity contribution in [3.05, 3.63) is 24.4 Å². The molecule has 0 radical (unpaired) electrons. The molecule has 0 fully saturated rings. The van der Waals surface area contributed by atoms with E-state index in [1.807, 2.05) is 49.8 Å². The van der Waals surface area contributed by atoms with Gasteiger partial charge in [-0.1, -0.05) is 20.3 Å². The Morgan fingerprint density at radius 1 is 1.43 bits per heavy atom. The van der Waals surface area contributed by atoms with E-state index in [4.69, 9.17) is 5.73 Å². The van der Waals surface area contributed by atoms with Gasteiger partial charge in [-0.25, -0.2) is 0 Å². The number of nitrogens with two attached hydrogens (primary N) is 1. The number of rotatable bonds is 5. The summed E-state index contributed by atoms with van der Waals surface area (Å²) in [6, 6.07) is 5.30. The number of hydrogen-bond donors (Lipinski definition) is 2. The van der Waals surface area contributed by atoms with Crippen molar-refractivity contribution in [2.75, 3.05) is 5.32 Å². The van der Waals surface area contributed by atoms with Gasteiger partial charge in [-0.3, -0.25) is 9.48 Å². The predicted molar refractivity (Wildman–Crippen MR) is 88.7 cm³/mol. The lowest BCUT2D eigenvalue weighted by molar-refractivity contribution is -0.118. The summed E-state index contributed by atoms with van der Waals surface area (Å²) in [5.41, 5.74) is 7.71. The maximum absolute atomic E-state index is 12.1. The topological polar surface area (TPSA) is 72.9 Å². The average Bonchev–Trinajstić information content (AvgIpc) is 2.87. The summed E-state index contributed by atoms with van der Waals surface area (Å²) >= 11 is 0. The van der Waals surface area contributed by atoms with E-state index in [2.05, 4.69) is 10.4 Å². The Morgan fingerprint density at radius 2 is 2.14 bits per heavy atom. The number of anilines is 1. The smallest absolute Gasteiger partial charge is 0.241 e. The van der Waals surface area contributed by atoms with Crippen LogP contribution in [0.5, 0.6) is 0 Å².